The summed E-state index contributed by atoms with van der Waals surface area (Å²) in [5.74, 6) is 1.46. The Morgan fingerprint density at radius 2 is 2.09 bits per heavy atom. The zero-order chi connectivity index (χ0) is 15.6. The van der Waals surface area contributed by atoms with Gasteiger partial charge in [0, 0.05) is 13.0 Å². The molecular formula is C18H26N2O2. The fourth-order valence-corrected chi connectivity index (χ4v) is 3.56. The Bertz CT molecular complexity index is 538. The molecule has 0 aromatic heterocycles. The maximum absolute atomic E-state index is 12.5. The average Bonchev–Trinajstić information content (AvgIpc) is 3.22. The largest absolute Gasteiger partial charge is 0.491 e. The molecule has 1 spiro atoms. The highest BCUT2D eigenvalue weighted by atomic mass is 16.5. The first kappa shape index (κ1) is 15.3. The molecule has 4 heteroatoms. The number of benzene rings is 1. The van der Waals surface area contributed by atoms with E-state index >= 15 is 0 Å². The molecule has 1 amide bonds. The number of carbonyl (C=O) groups excluding carboxylic acids is 1. The highest BCUT2D eigenvalue weighted by Crippen LogP contribution is 2.59. The molecule has 120 valence electrons. The van der Waals surface area contributed by atoms with Crippen LogP contribution in [0.3, 0.4) is 0 Å². The Labute approximate surface area is 132 Å². The predicted molar refractivity (Wildman–Crippen MR) is 87.0 cm³/mol. The van der Waals surface area contributed by atoms with Crippen molar-refractivity contribution in [2.75, 3.05) is 33.3 Å². The lowest BCUT2D eigenvalue weighted by molar-refractivity contribution is -0.132. The molecule has 0 bridgehead atoms. The number of likely N-dealkylation sites (N-methyl/N-ethyl adjacent to an activating group) is 1. The van der Waals surface area contributed by atoms with Crippen LogP contribution in [0.25, 0.3) is 0 Å². The minimum Gasteiger partial charge on any atom is -0.491 e. The fourth-order valence-electron chi connectivity index (χ4n) is 3.56. The summed E-state index contributed by atoms with van der Waals surface area (Å²) in [4.78, 5) is 14.4. The van der Waals surface area contributed by atoms with Crippen LogP contribution in [0.15, 0.2) is 24.3 Å². The second-order valence-electron chi connectivity index (χ2n) is 6.74. The quantitative estimate of drug-likeness (QED) is 0.907. The normalized spacial score (nSPS) is 22.4. The van der Waals surface area contributed by atoms with Crippen molar-refractivity contribution in [3.8, 4) is 5.75 Å². The maximum atomic E-state index is 12.5. The standard InChI is InChI=1S/C18H26N2O2/c1-14-5-3-4-6-16(14)22-12-11-20(2)17(21)15-13-18(15)7-9-19-10-8-18/h3-6,15,19H,7-13H2,1-2H3. The van der Waals surface area contributed by atoms with Crippen LogP contribution >= 0.6 is 0 Å². The number of ether oxygens (including phenoxy) is 1. The summed E-state index contributed by atoms with van der Waals surface area (Å²) in [7, 11) is 1.90. The Hall–Kier alpha value is -1.55. The molecular weight excluding hydrogens is 276 g/mol. The first-order chi connectivity index (χ1) is 10.6. The van der Waals surface area contributed by atoms with Gasteiger partial charge in [-0.1, -0.05) is 18.2 Å². The van der Waals surface area contributed by atoms with E-state index in [-0.39, 0.29) is 5.92 Å². The number of piperidine rings is 1. The van der Waals surface area contributed by atoms with Gasteiger partial charge in [-0.3, -0.25) is 4.79 Å². The van der Waals surface area contributed by atoms with Crippen molar-refractivity contribution >= 4 is 5.91 Å². The molecule has 1 aliphatic heterocycles. The molecule has 1 aromatic rings. The molecule has 1 aromatic carbocycles. The maximum Gasteiger partial charge on any atom is 0.226 e. The van der Waals surface area contributed by atoms with Crippen molar-refractivity contribution < 1.29 is 9.53 Å². The molecule has 1 saturated carbocycles. The molecule has 3 rings (SSSR count). The van der Waals surface area contributed by atoms with Gasteiger partial charge in [-0.25, -0.2) is 0 Å². The van der Waals surface area contributed by atoms with E-state index in [2.05, 4.69) is 5.32 Å². The zero-order valence-corrected chi connectivity index (χ0v) is 13.6. The van der Waals surface area contributed by atoms with Crippen molar-refractivity contribution in [1.29, 1.82) is 0 Å². The van der Waals surface area contributed by atoms with Crippen LogP contribution in [0.4, 0.5) is 0 Å². The first-order valence-electron chi connectivity index (χ1n) is 8.26. The summed E-state index contributed by atoms with van der Waals surface area (Å²) in [6.07, 6.45) is 3.38. The van der Waals surface area contributed by atoms with Crippen molar-refractivity contribution in [2.45, 2.75) is 26.2 Å². The lowest BCUT2D eigenvalue weighted by Crippen LogP contribution is -2.36. The van der Waals surface area contributed by atoms with E-state index < -0.39 is 0 Å². The molecule has 2 fully saturated rings. The number of rotatable bonds is 5. The summed E-state index contributed by atoms with van der Waals surface area (Å²) < 4.78 is 5.79. The lowest BCUT2D eigenvalue weighted by atomic mass is 9.91. The van der Waals surface area contributed by atoms with Gasteiger partial charge >= 0.3 is 0 Å². The monoisotopic (exact) mass is 302 g/mol. The van der Waals surface area contributed by atoms with Gasteiger partial charge in [-0.05, 0) is 56.3 Å². The van der Waals surface area contributed by atoms with Gasteiger partial charge in [0.15, 0.2) is 0 Å². The third-order valence-corrected chi connectivity index (χ3v) is 5.24. The van der Waals surface area contributed by atoms with Crippen LogP contribution in [-0.4, -0.2) is 44.1 Å². The summed E-state index contributed by atoms with van der Waals surface area (Å²) >= 11 is 0. The van der Waals surface area contributed by atoms with Crippen LogP contribution in [0.5, 0.6) is 5.75 Å². The Morgan fingerprint density at radius 3 is 2.82 bits per heavy atom. The van der Waals surface area contributed by atoms with E-state index in [1.165, 1.54) is 0 Å². The number of hydrogen-bond acceptors (Lipinski definition) is 3. The molecule has 1 aliphatic carbocycles. The number of nitrogens with zero attached hydrogens (tertiary/aromatic N) is 1. The topological polar surface area (TPSA) is 41.6 Å². The van der Waals surface area contributed by atoms with E-state index in [0.29, 0.717) is 24.5 Å². The third kappa shape index (κ3) is 3.12. The summed E-state index contributed by atoms with van der Waals surface area (Å²) in [6, 6.07) is 7.99. The van der Waals surface area contributed by atoms with Gasteiger partial charge in [0.1, 0.15) is 12.4 Å². The lowest BCUT2D eigenvalue weighted by Gasteiger charge is -2.25. The van der Waals surface area contributed by atoms with Gasteiger partial charge in [0.05, 0.1) is 6.54 Å². The Balaban J connectivity index is 1.45. The highest BCUT2D eigenvalue weighted by molar-refractivity contribution is 5.82. The summed E-state index contributed by atoms with van der Waals surface area (Å²) in [6.45, 7) is 5.36. The second-order valence-corrected chi connectivity index (χ2v) is 6.74. The molecule has 1 atom stereocenters. The number of carbonyl (C=O) groups is 1. The number of aryl methyl sites for hydroxylation is 1. The first-order valence-corrected chi connectivity index (χ1v) is 8.26. The van der Waals surface area contributed by atoms with E-state index in [4.69, 9.17) is 4.74 Å². The van der Waals surface area contributed by atoms with E-state index in [1.54, 1.807) is 0 Å². The van der Waals surface area contributed by atoms with E-state index in [9.17, 15) is 4.79 Å². The number of hydrogen-bond donors (Lipinski definition) is 1. The average molecular weight is 302 g/mol. The molecule has 22 heavy (non-hydrogen) atoms. The van der Waals surface area contributed by atoms with Crippen LogP contribution in [0, 0.1) is 18.3 Å². The number of nitrogens with one attached hydrogen (secondary N) is 1. The zero-order valence-electron chi connectivity index (χ0n) is 13.6. The van der Waals surface area contributed by atoms with Crippen molar-refractivity contribution in [1.82, 2.24) is 10.2 Å². The molecule has 1 N–H and O–H groups in total. The highest BCUT2D eigenvalue weighted by Gasteiger charge is 2.58. The molecule has 2 aliphatic rings. The predicted octanol–water partition coefficient (Wildman–Crippen LogP) is 2.22. The minimum absolute atomic E-state index is 0.248. The third-order valence-electron chi connectivity index (χ3n) is 5.24. The van der Waals surface area contributed by atoms with Crippen molar-refractivity contribution in [3.63, 3.8) is 0 Å². The fraction of sp³-hybridized carbons (Fsp3) is 0.611. The molecule has 1 unspecified atom stereocenters. The van der Waals surface area contributed by atoms with Gasteiger partial charge in [-0.15, -0.1) is 0 Å². The SMILES string of the molecule is Cc1ccccc1OCCN(C)C(=O)C1CC12CCNCC2. The molecule has 4 nitrogen and oxygen atoms in total. The van der Waals surface area contributed by atoms with Gasteiger partial charge < -0.3 is 15.0 Å². The number of para-hydroxylation sites is 1. The van der Waals surface area contributed by atoms with Gasteiger partial charge in [0.2, 0.25) is 5.91 Å². The summed E-state index contributed by atoms with van der Waals surface area (Å²) in [5, 5.41) is 3.38. The van der Waals surface area contributed by atoms with Gasteiger partial charge in [-0.2, -0.15) is 0 Å². The van der Waals surface area contributed by atoms with Crippen LogP contribution in [0.1, 0.15) is 24.8 Å². The van der Waals surface area contributed by atoms with Gasteiger partial charge in [0.25, 0.3) is 0 Å². The Morgan fingerprint density at radius 1 is 1.36 bits per heavy atom. The number of amides is 1. The second kappa shape index (κ2) is 6.29. The van der Waals surface area contributed by atoms with Crippen LogP contribution < -0.4 is 10.1 Å². The van der Waals surface area contributed by atoms with Crippen LogP contribution in [-0.2, 0) is 4.79 Å². The molecule has 1 heterocycles. The van der Waals surface area contributed by atoms with Crippen LogP contribution in [0.2, 0.25) is 0 Å². The molecule has 1 saturated heterocycles. The van der Waals surface area contributed by atoms with E-state index in [0.717, 1.165) is 43.7 Å². The van der Waals surface area contributed by atoms with Crippen molar-refractivity contribution in [2.24, 2.45) is 11.3 Å². The Kier molecular flexibility index (Phi) is 4.39. The smallest absolute Gasteiger partial charge is 0.226 e. The summed E-state index contributed by atoms with van der Waals surface area (Å²) in [5.41, 5.74) is 1.44. The van der Waals surface area contributed by atoms with Crippen molar-refractivity contribution in [3.05, 3.63) is 29.8 Å². The van der Waals surface area contributed by atoms with E-state index in [1.807, 2.05) is 43.1 Å². The minimum atomic E-state index is 0.248. The molecule has 0 radical (unpaired) electrons.